The van der Waals surface area contributed by atoms with Gasteiger partial charge in [-0.25, -0.2) is 4.98 Å². The molecule has 0 aliphatic heterocycles. The van der Waals surface area contributed by atoms with E-state index in [0.717, 1.165) is 10.6 Å². The predicted molar refractivity (Wildman–Crippen MR) is 98.9 cm³/mol. The number of nitrogens with zero attached hydrogens (tertiary/aromatic N) is 2. The van der Waals surface area contributed by atoms with Crippen molar-refractivity contribution < 1.29 is 24.2 Å². The van der Waals surface area contributed by atoms with Crippen LogP contribution in [-0.4, -0.2) is 54.2 Å². The maximum absolute atomic E-state index is 12.4. The lowest BCUT2D eigenvalue weighted by Gasteiger charge is -2.19. The number of carbonyl (C=O) groups is 2. The molecule has 1 aromatic carbocycles. The maximum Gasteiger partial charge on any atom is 0.323 e. The number of methoxy groups -OCH3 is 2. The molecule has 0 atom stereocenters. The summed E-state index contributed by atoms with van der Waals surface area (Å²) >= 11 is 1.42. The molecule has 2 rings (SSSR count). The largest absolute Gasteiger partial charge is 0.493 e. The summed E-state index contributed by atoms with van der Waals surface area (Å²) in [6.07, 6.45) is 0.782. The van der Waals surface area contributed by atoms with Crippen LogP contribution in [0.3, 0.4) is 0 Å². The molecule has 0 bridgehead atoms. The molecule has 0 saturated carbocycles. The van der Waals surface area contributed by atoms with Crippen LogP contribution >= 0.6 is 11.3 Å². The number of hydrogen-bond acceptors (Lipinski definition) is 6. The number of thiazole rings is 1. The third-order valence-electron chi connectivity index (χ3n) is 3.69. The van der Waals surface area contributed by atoms with Gasteiger partial charge < -0.3 is 19.5 Å². The highest BCUT2D eigenvalue weighted by atomic mass is 32.1. The number of rotatable bonds is 9. The second-order valence-corrected chi connectivity index (χ2v) is 6.46. The second-order valence-electron chi connectivity index (χ2n) is 5.60. The van der Waals surface area contributed by atoms with Gasteiger partial charge in [-0.05, 0) is 24.6 Å². The number of benzene rings is 1. The van der Waals surface area contributed by atoms with Gasteiger partial charge in [0, 0.05) is 17.5 Å². The van der Waals surface area contributed by atoms with Crippen LogP contribution in [0, 0.1) is 0 Å². The third kappa shape index (κ3) is 4.95. The molecule has 0 unspecified atom stereocenters. The Kier molecular flexibility index (Phi) is 6.97. The van der Waals surface area contributed by atoms with Crippen molar-refractivity contribution in [3.8, 4) is 22.1 Å². The van der Waals surface area contributed by atoms with Crippen molar-refractivity contribution in [2.75, 3.05) is 27.3 Å². The minimum absolute atomic E-state index is 0.0804. The standard InChI is InChI=1S/C18H22N2O5S/c1-4-7-20(10-17(22)23)16(21)9-13-11-26-18(19-13)12-5-6-14(24-2)15(8-12)25-3/h5-6,8,11H,4,7,9-10H2,1-3H3,(H,22,23). The monoisotopic (exact) mass is 378 g/mol. The smallest absolute Gasteiger partial charge is 0.323 e. The SMILES string of the molecule is CCCN(CC(=O)O)C(=O)Cc1csc(-c2ccc(OC)c(OC)c2)n1. The lowest BCUT2D eigenvalue weighted by molar-refractivity contribution is -0.144. The van der Waals surface area contributed by atoms with Crippen molar-refractivity contribution in [3.05, 3.63) is 29.3 Å². The van der Waals surface area contributed by atoms with Crippen molar-refractivity contribution >= 4 is 23.2 Å². The fraction of sp³-hybridized carbons (Fsp3) is 0.389. The molecule has 0 fully saturated rings. The van der Waals surface area contributed by atoms with Gasteiger partial charge in [0.15, 0.2) is 11.5 Å². The fourth-order valence-electron chi connectivity index (χ4n) is 2.48. The fourth-order valence-corrected chi connectivity index (χ4v) is 3.30. The molecule has 1 amide bonds. The highest BCUT2D eigenvalue weighted by Gasteiger charge is 2.18. The van der Waals surface area contributed by atoms with E-state index < -0.39 is 5.97 Å². The number of carboxylic acids is 1. The van der Waals surface area contributed by atoms with Crippen LogP contribution < -0.4 is 9.47 Å². The van der Waals surface area contributed by atoms with Crippen LogP contribution in [0.15, 0.2) is 23.6 Å². The molecule has 7 nitrogen and oxygen atoms in total. The van der Waals surface area contributed by atoms with E-state index in [0.29, 0.717) is 30.2 Å². The third-order valence-corrected chi connectivity index (χ3v) is 4.63. The first kappa shape index (κ1) is 19.7. The van der Waals surface area contributed by atoms with Crippen LogP contribution in [0.25, 0.3) is 10.6 Å². The topological polar surface area (TPSA) is 89.0 Å². The number of aromatic nitrogens is 1. The van der Waals surface area contributed by atoms with Gasteiger partial charge in [0.1, 0.15) is 11.6 Å². The maximum atomic E-state index is 12.4. The zero-order chi connectivity index (χ0) is 19.1. The molecule has 26 heavy (non-hydrogen) atoms. The minimum atomic E-state index is -1.02. The van der Waals surface area contributed by atoms with Gasteiger partial charge in [-0.3, -0.25) is 9.59 Å². The van der Waals surface area contributed by atoms with Crippen molar-refractivity contribution in [3.63, 3.8) is 0 Å². The van der Waals surface area contributed by atoms with Gasteiger partial charge in [0.25, 0.3) is 0 Å². The molecule has 2 aromatic rings. The van der Waals surface area contributed by atoms with Crippen molar-refractivity contribution in [2.24, 2.45) is 0 Å². The van der Waals surface area contributed by atoms with E-state index in [9.17, 15) is 9.59 Å². The molecule has 1 aromatic heterocycles. The molecule has 0 aliphatic carbocycles. The molecule has 0 saturated heterocycles. The molecule has 1 N–H and O–H groups in total. The van der Waals surface area contributed by atoms with Gasteiger partial charge >= 0.3 is 5.97 Å². The number of amides is 1. The summed E-state index contributed by atoms with van der Waals surface area (Å²) in [5.41, 5.74) is 1.48. The van der Waals surface area contributed by atoms with Gasteiger partial charge in [0.05, 0.1) is 26.3 Å². The Balaban J connectivity index is 2.14. The van der Waals surface area contributed by atoms with Crippen LogP contribution in [0.1, 0.15) is 19.0 Å². The first-order chi connectivity index (χ1) is 12.5. The van der Waals surface area contributed by atoms with E-state index in [4.69, 9.17) is 14.6 Å². The van der Waals surface area contributed by atoms with Gasteiger partial charge in [-0.15, -0.1) is 11.3 Å². The lowest BCUT2D eigenvalue weighted by atomic mass is 10.2. The highest BCUT2D eigenvalue weighted by Crippen LogP contribution is 2.33. The van der Waals surface area contributed by atoms with E-state index in [2.05, 4.69) is 4.98 Å². The molecule has 8 heteroatoms. The summed E-state index contributed by atoms with van der Waals surface area (Å²) in [5, 5.41) is 11.5. The highest BCUT2D eigenvalue weighted by molar-refractivity contribution is 7.13. The van der Waals surface area contributed by atoms with Crippen LogP contribution in [0.4, 0.5) is 0 Å². The summed E-state index contributed by atoms with van der Waals surface area (Å²) in [6.45, 7) is 2.03. The Morgan fingerprint density at radius 2 is 1.96 bits per heavy atom. The summed E-state index contributed by atoms with van der Waals surface area (Å²) in [6, 6.07) is 5.51. The molecule has 0 spiro atoms. The average molecular weight is 378 g/mol. The first-order valence-electron chi connectivity index (χ1n) is 8.14. The van der Waals surface area contributed by atoms with Crippen molar-refractivity contribution in [1.29, 1.82) is 0 Å². The number of aliphatic carboxylic acids is 1. The molecule has 0 radical (unpaired) electrons. The first-order valence-corrected chi connectivity index (χ1v) is 9.02. The molecule has 1 heterocycles. The summed E-state index contributed by atoms with van der Waals surface area (Å²) in [4.78, 5) is 29.1. The summed E-state index contributed by atoms with van der Waals surface area (Å²) in [5.74, 6) is -0.0185. The minimum Gasteiger partial charge on any atom is -0.493 e. The predicted octanol–water partition coefficient (Wildman–Crippen LogP) is 2.69. The van der Waals surface area contributed by atoms with E-state index in [1.807, 2.05) is 24.4 Å². The van der Waals surface area contributed by atoms with Crippen LogP contribution in [0.5, 0.6) is 11.5 Å². The van der Waals surface area contributed by atoms with Crippen LogP contribution in [0.2, 0.25) is 0 Å². The Morgan fingerprint density at radius 3 is 2.58 bits per heavy atom. The number of carbonyl (C=O) groups excluding carboxylic acids is 1. The van der Waals surface area contributed by atoms with Gasteiger partial charge in [-0.1, -0.05) is 6.92 Å². The van der Waals surface area contributed by atoms with Gasteiger partial charge in [-0.2, -0.15) is 0 Å². The van der Waals surface area contributed by atoms with Crippen molar-refractivity contribution in [2.45, 2.75) is 19.8 Å². The Morgan fingerprint density at radius 1 is 1.23 bits per heavy atom. The lowest BCUT2D eigenvalue weighted by Crippen LogP contribution is -2.37. The summed E-state index contributed by atoms with van der Waals surface area (Å²) < 4.78 is 10.5. The Hall–Kier alpha value is -2.61. The Labute approximate surface area is 156 Å². The van der Waals surface area contributed by atoms with Crippen molar-refractivity contribution in [1.82, 2.24) is 9.88 Å². The normalized spacial score (nSPS) is 10.4. The Bertz CT molecular complexity index is 775. The quantitative estimate of drug-likeness (QED) is 0.722. The number of carboxylic acid groups (broad SMARTS) is 1. The van der Waals surface area contributed by atoms with Gasteiger partial charge in [0.2, 0.25) is 5.91 Å². The average Bonchev–Trinajstić information content (AvgIpc) is 3.08. The zero-order valence-corrected chi connectivity index (χ0v) is 15.8. The molecular weight excluding hydrogens is 356 g/mol. The van der Waals surface area contributed by atoms with E-state index in [1.54, 1.807) is 20.3 Å². The molecule has 140 valence electrons. The zero-order valence-electron chi connectivity index (χ0n) is 15.0. The molecular formula is C18H22N2O5S. The van der Waals surface area contributed by atoms with Crippen LogP contribution in [-0.2, 0) is 16.0 Å². The summed E-state index contributed by atoms with van der Waals surface area (Å²) in [7, 11) is 3.14. The second kappa shape index (κ2) is 9.19. The van der Waals surface area contributed by atoms with E-state index >= 15 is 0 Å². The molecule has 0 aliphatic rings. The van der Waals surface area contributed by atoms with E-state index in [1.165, 1.54) is 16.2 Å². The number of ether oxygens (including phenoxy) is 2. The van der Waals surface area contributed by atoms with E-state index in [-0.39, 0.29) is 18.9 Å². The number of hydrogen-bond donors (Lipinski definition) is 1.